The summed E-state index contributed by atoms with van der Waals surface area (Å²) < 4.78 is 10.8. The minimum absolute atomic E-state index is 0.132. The maximum atomic E-state index is 13.7. The molecule has 3 rings (SSSR count). The van der Waals surface area contributed by atoms with Gasteiger partial charge in [0, 0.05) is 40.0 Å². The highest BCUT2D eigenvalue weighted by molar-refractivity contribution is 7.11. The molecular formula is C29H35N3O6S. The fraction of sp³-hybridized carbons (Fsp3) is 0.379. The standard InChI is InChI=1S/C29H35N3O6S/c1-6-20(2)31(29(34)23-8-7-9-24(17-23)32(35)36)19-28(33)30(18-25-12-10-21(3)39-25)15-14-22-11-13-26(37-4)27(16-22)38-5/h7-13,16-17,20H,6,14-15,18-19H2,1-5H3/t20-/m0/s1. The van der Waals surface area contributed by atoms with Crippen LogP contribution in [0.25, 0.3) is 0 Å². The molecule has 1 heterocycles. The quantitative estimate of drug-likeness (QED) is 0.205. The Labute approximate surface area is 233 Å². The number of ether oxygens (including phenoxy) is 2. The van der Waals surface area contributed by atoms with E-state index in [1.807, 2.05) is 51.1 Å². The van der Waals surface area contributed by atoms with Crippen LogP contribution in [0.5, 0.6) is 11.5 Å². The molecule has 0 aliphatic rings. The number of hydrogen-bond acceptors (Lipinski definition) is 7. The second-order valence-corrected chi connectivity index (χ2v) is 10.6. The van der Waals surface area contributed by atoms with Gasteiger partial charge in [-0.3, -0.25) is 19.7 Å². The van der Waals surface area contributed by atoms with Gasteiger partial charge in [-0.25, -0.2) is 0 Å². The number of thiophene rings is 1. The highest BCUT2D eigenvalue weighted by atomic mass is 32.1. The van der Waals surface area contributed by atoms with Gasteiger partial charge in [-0.15, -0.1) is 11.3 Å². The zero-order chi connectivity index (χ0) is 28.5. The lowest BCUT2D eigenvalue weighted by atomic mass is 10.1. The summed E-state index contributed by atoms with van der Waals surface area (Å²) in [6, 6.07) is 15.1. The van der Waals surface area contributed by atoms with Crippen molar-refractivity contribution in [1.29, 1.82) is 0 Å². The Morgan fingerprint density at radius 3 is 2.41 bits per heavy atom. The number of benzene rings is 2. The van der Waals surface area contributed by atoms with E-state index in [-0.39, 0.29) is 29.7 Å². The molecule has 0 N–H and O–H groups in total. The number of carbonyl (C=O) groups is 2. The Bertz CT molecular complexity index is 1310. The van der Waals surface area contributed by atoms with Crippen LogP contribution in [0.2, 0.25) is 0 Å². The van der Waals surface area contributed by atoms with Gasteiger partial charge >= 0.3 is 0 Å². The number of nitro groups is 1. The molecule has 1 aromatic heterocycles. The molecule has 9 nitrogen and oxygen atoms in total. The molecule has 0 saturated heterocycles. The van der Waals surface area contributed by atoms with Crippen molar-refractivity contribution in [2.45, 2.75) is 46.2 Å². The first-order valence-electron chi connectivity index (χ1n) is 12.8. The van der Waals surface area contributed by atoms with Crippen LogP contribution in [-0.4, -0.2) is 59.9 Å². The van der Waals surface area contributed by atoms with Crippen LogP contribution in [-0.2, 0) is 17.8 Å². The molecule has 10 heteroatoms. The molecule has 0 aliphatic heterocycles. The summed E-state index contributed by atoms with van der Waals surface area (Å²) in [7, 11) is 3.16. The van der Waals surface area contributed by atoms with Crippen molar-refractivity contribution in [2.75, 3.05) is 27.3 Å². The number of aryl methyl sites for hydroxylation is 1. The zero-order valence-electron chi connectivity index (χ0n) is 23.0. The zero-order valence-corrected chi connectivity index (χ0v) is 23.8. The van der Waals surface area contributed by atoms with Crippen molar-refractivity contribution >= 4 is 28.8 Å². The molecule has 2 aromatic carbocycles. The lowest BCUT2D eigenvalue weighted by molar-refractivity contribution is -0.384. The molecule has 0 aliphatic carbocycles. The Kier molecular flexibility index (Phi) is 10.4. The van der Waals surface area contributed by atoms with Crippen molar-refractivity contribution in [2.24, 2.45) is 0 Å². The van der Waals surface area contributed by atoms with E-state index < -0.39 is 10.8 Å². The lowest BCUT2D eigenvalue weighted by Gasteiger charge is -2.31. The maximum absolute atomic E-state index is 13.7. The molecule has 39 heavy (non-hydrogen) atoms. The average molecular weight is 554 g/mol. The van der Waals surface area contributed by atoms with Crippen LogP contribution < -0.4 is 9.47 Å². The van der Waals surface area contributed by atoms with Crippen LogP contribution >= 0.6 is 11.3 Å². The Morgan fingerprint density at radius 1 is 1.05 bits per heavy atom. The summed E-state index contributed by atoms with van der Waals surface area (Å²) >= 11 is 1.63. The minimum Gasteiger partial charge on any atom is -0.493 e. The van der Waals surface area contributed by atoms with Gasteiger partial charge in [0.2, 0.25) is 5.91 Å². The number of methoxy groups -OCH3 is 2. The average Bonchev–Trinajstić information content (AvgIpc) is 3.37. The number of nitrogens with zero attached hydrogens (tertiary/aromatic N) is 3. The van der Waals surface area contributed by atoms with Crippen molar-refractivity contribution in [3.8, 4) is 11.5 Å². The fourth-order valence-electron chi connectivity index (χ4n) is 4.16. The molecule has 0 unspecified atom stereocenters. The smallest absolute Gasteiger partial charge is 0.270 e. The molecule has 1 atom stereocenters. The van der Waals surface area contributed by atoms with E-state index >= 15 is 0 Å². The van der Waals surface area contributed by atoms with Crippen molar-refractivity contribution in [3.05, 3.63) is 85.6 Å². The topological polar surface area (TPSA) is 102 Å². The summed E-state index contributed by atoms with van der Waals surface area (Å²) in [5, 5.41) is 11.2. The molecule has 3 aromatic rings. The third-order valence-electron chi connectivity index (χ3n) is 6.61. The molecule has 0 radical (unpaired) electrons. The second kappa shape index (κ2) is 13.7. The highest BCUT2D eigenvalue weighted by Crippen LogP contribution is 2.28. The molecule has 0 spiro atoms. The van der Waals surface area contributed by atoms with Crippen molar-refractivity contribution in [3.63, 3.8) is 0 Å². The number of amides is 2. The fourth-order valence-corrected chi connectivity index (χ4v) is 5.07. The first kappa shape index (κ1) is 29.6. The van der Waals surface area contributed by atoms with Crippen LogP contribution in [0.15, 0.2) is 54.6 Å². The SMILES string of the molecule is CC[C@H](C)N(CC(=O)N(CCc1ccc(OC)c(OC)c1)Cc1ccc(C)s1)C(=O)c1cccc([N+](=O)[O-])c1. The maximum Gasteiger partial charge on any atom is 0.270 e. The molecule has 0 fully saturated rings. The van der Waals surface area contributed by atoms with E-state index in [2.05, 4.69) is 0 Å². The van der Waals surface area contributed by atoms with Gasteiger partial charge in [-0.2, -0.15) is 0 Å². The van der Waals surface area contributed by atoms with E-state index in [1.54, 1.807) is 36.5 Å². The van der Waals surface area contributed by atoms with Gasteiger partial charge in [-0.05, 0) is 62.6 Å². The number of nitro benzene ring substituents is 1. The molecule has 208 valence electrons. The summed E-state index contributed by atoms with van der Waals surface area (Å²) in [4.78, 5) is 43.4. The first-order valence-corrected chi connectivity index (χ1v) is 13.6. The lowest BCUT2D eigenvalue weighted by Crippen LogP contribution is -2.46. The summed E-state index contributed by atoms with van der Waals surface area (Å²) in [5.41, 5.74) is 1.00. The second-order valence-electron chi connectivity index (χ2n) is 9.26. The van der Waals surface area contributed by atoms with Crippen molar-refractivity contribution < 1.29 is 24.0 Å². The molecule has 2 amide bonds. The van der Waals surface area contributed by atoms with E-state index in [0.29, 0.717) is 37.4 Å². The van der Waals surface area contributed by atoms with Crippen LogP contribution in [0.1, 0.15) is 45.9 Å². The summed E-state index contributed by atoms with van der Waals surface area (Å²) in [6.45, 7) is 6.55. The largest absolute Gasteiger partial charge is 0.493 e. The summed E-state index contributed by atoms with van der Waals surface area (Å²) in [5.74, 6) is 0.646. The van der Waals surface area contributed by atoms with Gasteiger partial charge in [0.05, 0.1) is 25.7 Å². The van der Waals surface area contributed by atoms with E-state index in [4.69, 9.17) is 9.47 Å². The normalized spacial score (nSPS) is 11.5. The third kappa shape index (κ3) is 7.79. The van der Waals surface area contributed by atoms with Gasteiger partial charge in [0.15, 0.2) is 11.5 Å². The molecule has 0 saturated carbocycles. The van der Waals surface area contributed by atoms with Crippen molar-refractivity contribution in [1.82, 2.24) is 9.80 Å². The number of non-ortho nitro benzene ring substituents is 1. The van der Waals surface area contributed by atoms with E-state index in [0.717, 1.165) is 15.3 Å². The minimum atomic E-state index is -0.533. The monoisotopic (exact) mass is 553 g/mol. The highest BCUT2D eigenvalue weighted by Gasteiger charge is 2.27. The van der Waals surface area contributed by atoms with Gasteiger partial charge in [-0.1, -0.05) is 19.1 Å². The van der Waals surface area contributed by atoms with Gasteiger partial charge < -0.3 is 19.3 Å². The van der Waals surface area contributed by atoms with Crippen LogP contribution in [0.4, 0.5) is 5.69 Å². The Morgan fingerprint density at radius 2 is 1.79 bits per heavy atom. The predicted molar refractivity (Wildman–Crippen MR) is 152 cm³/mol. The first-order chi connectivity index (χ1) is 18.7. The van der Waals surface area contributed by atoms with Crippen LogP contribution in [0.3, 0.4) is 0 Å². The summed E-state index contributed by atoms with van der Waals surface area (Å²) in [6.07, 6.45) is 1.21. The van der Waals surface area contributed by atoms with Gasteiger partial charge in [0.1, 0.15) is 6.54 Å². The Hall–Kier alpha value is -3.92. The predicted octanol–water partition coefficient (Wildman–Crippen LogP) is 5.49. The van der Waals surface area contributed by atoms with E-state index in [9.17, 15) is 19.7 Å². The van der Waals surface area contributed by atoms with Crippen LogP contribution in [0, 0.1) is 17.0 Å². The number of carbonyl (C=O) groups excluding carboxylic acids is 2. The number of rotatable bonds is 13. The van der Waals surface area contributed by atoms with E-state index in [1.165, 1.54) is 23.1 Å². The molecular weight excluding hydrogens is 518 g/mol. The molecule has 0 bridgehead atoms. The third-order valence-corrected chi connectivity index (χ3v) is 7.59. The Balaban J connectivity index is 1.84. The van der Waals surface area contributed by atoms with Gasteiger partial charge in [0.25, 0.3) is 11.6 Å². The number of hydrogen-bond donors (Lipinski definition) is 0.